The molecule has 1 N–H and O–H groups in total. The molecule has 4 aliphatic heterocycles. The summed E-state index contributed by atoms with van der Waals surface area (Å²) in [5.41, 5.74) is 2.29. The summed E-state index contributed by atoms with van der Waals surface area (Å²) in [6.45, 7) is 2.87. The smallest absolute Gasteiger partial charge is 0.276 e. The summed E-state index contributed by atoms with van der Waals surface area (Å²) in [6.07, 6.45) is 5.46. The van der Waals surface area contributed by atoms with Crippen LogP contribution in [0.2, 0.25) is 0 Å². The van der Waals surface area contributed by atoms with Gasteiger partial charge in [0.05, 0.1) is 11.9 Å². The van der Waals surface area contributed by atoms with Crippen molar-refractivity contribution in [1.82, 2.24) is 35.0 Å². The van der Waals surface area contributed by atoms with Gasteiger partial charge in [-0.15, -0.1) is 5.10 Å². The van der Waals surface area contributed by atoms with Crippen LogP contribution >= 0.6 is 0 Å². The van der Waals surface area contributed by atoms with E-state index in [-0.39, 0.29) is 30.7 Å². The molecule has 0 aliphatic carbocycles. The number of hydrogen-bond donors (Lipinski definition) is 1. The van der Waals surface area contributed by atoms with Gasteiger partial charge in [0, 0.05) is 37.7 Å². The van der Waals surface area contributed by atoms with Gasteiger partial charge in [0.25, 0.3) is 11.8 Å². The zero-order valence-electron chi connectivity index (χ0n) is 20.2. The molecular formula is C25H29N7O4. The Balaban J connectivity index is 1.16. The molecule has 11 nitrogen and oxygen atoms in total. The first-order valence-corrected chi connectivity index (χ1v) is 12.6. The average Bonchev–Trinajstić information content (AvgIpc) is 3.49. The molecule has 0 saturated carbocycles. The minimum Gasteiger partial charge on any atom is -0.337 e. The Morgan fingerprint density at radius 2 is 1.97 bits per heavy atom. The molecule has 0 bridgehead atoms. The number of benzene rings is 1. The van der Waals surface area contributed by atoms with E-state index in [1.807, 2.05) is 11.0 Å². The molecule has 5 heterocycles. The Morgan fingerprint density at radius 1 is 1.11 bits per heavy atom. The van der Waals surface area contributed by atoms with Gasteiger partial charge < -0.3 is 14.7 Å². The van der Waals surface area contributed by atoms with E-state index in [1.165, 1.54) is 4.90 Å². The van der Waals surface area contributed by atoms with Crippen molar-refractivity contribution in [3.8, 4) is 5.69 Å². The van der Waals surface area contributed by atoms with Gasteiger partial charge in [0.15, 0.2) is 5.69 Å². The first-order chi connectivity index (χ1) is 17.4. The van der Waals surface area contributed by atoms with Crippen molar-refractivity contribution in [3.63, 3.8) is 0 Å². The number of likely N-dealkylation sites (tertiary alicyclic amines) is 2. The molecule has 3 unspecified atom stereocenters. The van der Waals surface area contributed by atoms with Crippen molar-refractivity contribution in [1.29, 1.82) is 0 Å². The summed E-state index contributed by atoms with van der Waals surface area (Å²) in [4.78, 5) is 55.7. The number of carbonyl (C=O) groups is 4. The molecule has 1 aromatic carbocycles. The number of aromatic nitrogens is 3. The predicted molar refractivity (Wildman–Crippen MR) is 127 cm³/mol. The van der Waals surface area contributed by atoms with Gasteiger partial charge in [-0.2, -0.15) is 0 Å². The molecule has 3 fully saturated rings. The van der Waals surface area contributed by atoms with Crippen LogP contribution in [0.3, 0.4) is 0 Å². The van der Waals surface area contributed by atoms with E-state index >= 15 is 0 Å². The molecule has 0 spiro atoms. The maximum atomic E-state index is 13.2. The topological polar surface area (TPSA) is 121 Å². The van der Waals surface area contributed by atoms with Gasteiger partial charge >= 0.3 is 0 Å². The van der Waals surface area contributed by atoms with Crippen molar-refractivity contribution < 1.29 is 19.2 Å². The average molecular weight is 492 g/mol. The number of nitrogens with zero attached hydrogens (tertiary/aromatic N) is 6. The molecule has 3 saturated heterocycles. The SMILES string of the molecule is CN1CCCC2CN(C(=O)c3cn(-c4ccc5c(c4)CN(C4CCC(=O)NC4=O)C5=O)nn3)CCC21. The lowest BCUT2D eigenvalue weighted by molar-refractivity contribution is -0.136. The highest BCUT2D eigenvalue weighted by Crippen LogP contribution is 2.31. The van der Waals surface area contributed by atoms with Crippen LogP contribution in [-0.2, 0) is 16.1 Å². The molecule has 0 radical (unpaired) electrons. The Labute approximate surface area is 208 Å². The number of imide groups is 1. The minimum atomic E-state index is -0.658. The van der Waals surface area contributed by atoms with Crippen LogP contribution in [0.25, 0.3) is 5.69 Å². The summed E-state index contributed by atoms with van der Waals surface area (Å²) in [7, 11) is 2.17. The van der Waals surface area contributed by atoms with Crippen LogP contribution < -0.4 is 5.32 Å². The van der Waals surface area contributed by atoms with Crippen LogP contribution in [0.4, 0.5) is 0 Å². The number of rotatable bonds is 3. The van der Waals surface area contributed by atoms with E-state index in [0.717, 1.165) is 37.9 Å². The molecule has 6 rings (SSSR count). The second kappa shape index (κ2) is 8.81. The lowest BCUT2D eigenvalue weighted by Crippen LogP contribution is -2.53. The van der Waals surface area contributed by atoms with E-state index in [2.05, 4.69) is 27.6 Å². The molecule has 11 heteroatoms. The highest BCUT2D eigenvalue weighted by atomic mass is 16.2. The third-order valence-electron chi connectivity index (χ3n) is 8.12. The minimum absolute atomic E-state index is 0.103. The van der Waals surface area contributed by atoms with Crippen LogP contribution in [0.5, 0.6) is 0 Å². The third-order valence-corrected chi connectivity index (χ3v) is 8.12. The lowest BCUT2D eigenvalue weighted by atomic mass is 9.84. The molecule has 188 valence electrons. The van der Waals surface area contributed by atoms with Crippen molar-refractivity contribution in [2.24, 2.45) is 5.92 Å². The van der Waals surface area contributed by atoms with E-state index in [1.54, 1.807) is 23.0 Å². The highest BCUT2D eigenvalue weighted by molar-refractivity contribution is 6.05. The largest absolute Gasteiger partial charge is 0.337 e. The Hall–Kier alpha value is -3.60. The predicted octanol–water partition coefficient (Wildman–Crippen LogP) is 0.585. The van der Waals surface area contributed by atoms with Gasteiger partial charge in [0.1, 0.15) is 6.04 Å². The van der Waals surface area contributed by atoms with Crippen molar-refractivity contribution in [2.75, 3.05) is 26.7 Å². The Bertz CT molecular complexity index is 1260. The van der Waals surface area contributed by atoms with Gasteiger partial charge in [-0.05, 0) is 69.0 Å². The van der Waals surface area contributed by atoms with Crippen molar-refractivity contribution in [2.45, 2.75) is 50.7 Å². The van der Waals surface area contributed by atoms with E-state index in [4.69, 9.17) is 0 Å². The second-order valence-electron chi connectivity index (χ2n) is 10.3. The molecule has 36 heavy (non-hydrogen) atoms. The van der Waals surface area contributed by atoms with E-state index in [0.29, 0.717) is 41.9 Å². The molecular weight excluding hydrogens is 462 g/mol. The maximum Gasteiger partial charge on any atom is 0.276 e. The van der Waals surface area contributed by atoms with Gasteiger partial charge in [-0.1, -0.05) is 5.21 Å². The summed E-state index contributed by atoms with van der Waals surface area (Å²) in [5, 5.41) is 10.6. The van der Waals surface area contributed by atoms with Crippen LogP contribution in [0, 0.1) is 5.92 Å². The summed E-state index contributed by atoms with van der Waals surface area (Å²) in [6, 6.07) is 5.21. The summed E-state index contributed by atoms with van der Waals surface area (Å²) in [5.74, 6) is -0.575. The molecule has 3 atom stereocenters. The number of amides is 4. The van der Waals surface area contributed by atoms with Gasteiger partial charge in [-0.25, -0.2) is 4.68 Å². The lowest BCUT2D eigenvalue weighted by Gasteiger charge is -2.45. The number of fused-ring (bicyclic) bond motifs is 2. The first kappa shape index (κ1) is 22.8. The Kier molecular flexibility index (Phi) is 5.59. The fourth-order valence-corrected chi connectivity index (χ4v) is 6.19. The first-order valence-electron chi connectivity index (χ1n) is 12.6. The van der Waals surface area contributed by atoms with Crippen LogP contribution in [0.1, 0.15) is 58.5 Å². The normalized spacial score (nSPS) is 26.6. The highest BCUT2D eigenvalue weighted by Gasteiger charge is 2.39. The zero-order valence-corrected chi connectivity index (χ0v) is 20.2. The van der Waals surface area contributed by atoms with E-state index < -0.39 is 11.9 Å². The zero-order chi connectivity index (χ0) is 25.0. The van der Waals surface area contributed by atoms with Crippen LogP contribution in [-0.4, -0.2) is 92.1 Å². The molecule has 4 aliphatic rings. The number of nitrogens with one attached hydrogen (secondary N) is 1. The van der Waals surface area contributed by atoms with E-state index in [9.17, 15) is 19.2 Å². The summed E-state index contributed by atoms with van der Waals surface area (Å²) >= 11 is 0. The fourth-order valence-electron chi connectivity index (χ4n) is 6.19. The molecule has 4 amide bonds. The van der Waals surface area contributed by atoms with Gasteiger partial charge in [-0.3, -0.25) is 24.5 Å². The van der Waals surface area contributed by atoms with Crippen LogP contribution in [0.15, 0.2) is 24.4 Å². The van der Waals surface area contributed by atoms with Crippen molar-refractivity contribution >= 4 is 23.6 Å². The number of piperidine rings is 3. The molecule has 2 aromatic rings. The second-order valence-corrected chi connectivity index (χ2v) is 10.3. The Morgan fingerprint density at radius 3 is 2.81 bits per heavy atom. The quantitative estimate of drug-likeness (QED) is 0.624. The standard InChI is InChI=1S/C25H29N7O4/c1-29-9-2-3-15-12-30(10-8-20(15)29)25(36)19-14-32(28-27-19)17-4-5-18-16(11-17)13-31(24(18)35)21-6-7-22(33)26-23(21)34/h4-5,11,14-15,20-21H,2-3,6-10,12-13H2,1H3,(H,26,33,34). The van der Waals surface area contributed by atoms with Crippen molar-refractivity contribution in [3.05, 3.63) is 41.2 Å². The van der Waals surface area contributed by atoms with Gasteiger partial charge in [0.2, 0.25) is 11.8 Å². The third kappa shape index (κ3) is 3.87. The molecule has 1 aromatic heterocycles. The monoisotopic (exact) mass is 491 g/mol. The fraction of sp³-hybridized carbons (Fsp3) is 0.520. The maximum absolute atomic E-state index is 13.2. The number of hydrogen-bond acceptors (Lipinski definition) is 7. The number of carbonyl (C=O) groups excluding carboxylic acids is 4. The summed E-state index contributed by atoms with van der Waals surface area (Å²) < 4.78 is 1.55.